The van der Waals surface area contributed by atoms with Crippen LogP contribution in [0.2, 0.25) is 0 Å². The molecule has 0 aliphatic rings. The molecule has 7 heteroatoms. The molecular formula is C18H22FIN4S. The SMILES string of the molecule is CN=C(NCCc1cccs1)NCCc1c[nH]c2cc(F)ccc12.I. The van der Waals surface area contributed by atoms with Gasteiger partial charge in [0.15, 0.2) is 5.96 Å². The van der Waals surface area contributed by atoms with Crippen LogP contribution in [0.25, 0.3) is 10.9 Å². The number of aliphatic imine (C=N–C) groups is 1. The average molecular weight is 472 g/mol. The molecule has 0 amide bonds. The fraction of sp³-hybridized carbons (Fsp3) is 0.278. The summed E-state index contributed by atoms with van der Waals surface area (Å²) in [4.78, 5) is 8.72. The fourth-order valence-electron chi connectivity index (χ4n) is 2.66. The van der Waals surface area contributed by atoms with Crippen molar-refractivity contribution in [1.29, 1.82) is 0 Å². The lowest BCUT2D eigenvalue weighted by atomic mass is 10.1. The molecule has 0 spiro atoms. The quantitative estimate of drug-likeness (QED) is 0.289. The summed E-state index contributed by atoms with van der Waals surface area (Å²) in [6, 6.07) is 9.06. The lowest BCUT2D eigenvalue weighted by Gasteiger charge is -2.11. The van der Waals surface area contributed by atoms with Gasteiger partial charge in [0.05, 0.1) is 0 Å². The molecule has 1 aromatic carbocycles. The summed E-state index contributed by atoms with van der Waals surface area (Å²) in [6.07, 6.45) is 3.78. The number of nitrogens with zero attached hydrogens (tertiary/aromatic N) is 1. The molecule has 0 fully saturated rings. The van der Waals surface area contributed by atoms with Crippen molar-refractivity contribution in [2.24, 2.45) is 4.99 Å². The summed E-state index contributed by atoms with van der Waals surface area (Å²) in [6.45, 7) is 1.62. The number of halogens is 2. The normalized spacial score (nSPS) is 11.4. The molecule has 0 aliphatic heterocycles. The smallest absolute Gasteiger partial charge is 0.190 e. The minimum absolute atomic E-state index is 0. The van der Waals surface area contributed by atoms with Gasteiger partial charge < -0.3 is 15.6 Å². The van der Waals surface area contributed by atoms with Gasteiger partial charge in [0.2, 0.25) is 0 Å². The number of nitrogens with one attached hydrogen (secondary N) is 3. The second-order valence-electron chi connectivity index (χ2n) is 5.51. The molecule has 3 rings (SSSR count). The first-order valence-electron chi connectivity index (χ1n) is 7.98. The highest BCUT2D eigenvalue weighted by molar-refractivity contribution is 14.0. The van der Waals surface area contributed by atoms with Crippen molar-refractivity contribution in [2.75, 3.05) is 20.1 Å². The summed E-state index contributed by atoms with van der Waals surface area (Å²) in [7, 11) is 1.77. The molecule has 0 saturated heterocycles. The fourth-order valence-corrected chi connectivity index (χ4v) is 3.37. The Morgan fingerprint density at radius 3 is 2.72 bits per heavy atom. The summed E-state index contributed by atoms with van der Waals surface area (Å²) in [5.74, 6) is 0.585. The molecule has 0 radical (unpaired) electrons. The van der Waals surface area contributed by atoms with Crippen molar-refractivity contribution in [3.8, 4) is 0 Å². The molecule has 0 saturated carbocycles. The van der Waals surface area contributed by atoms with Crippen molar-refractivity contribution < 1.29 is 4.39 Å². The lowest BCUT2D eigenvalue weighted by molar-refractivity contribution is 0.629. The van der Waals surface area contributed by atoms with Crippen LogP contribution in [0.3, 0.4) is 0 Å². The van der Waals surface area contributed by atoms with E-state index < -0.39 is 0 Å². The number of fused-ring (bicyclic) bond motifs is 1. The number of H-pyrrole nitrogens is 1. The Morgan fingerprint density at radius 1 is 1.20 bits per heavy atom. The van der Waals surface area contributed by atoms with Crippen molar-refractivity contribution in [2.45, 2.75) is 12.8 Å². The standard InChI is InChI=1S/C18H21FN4S.HI/c1-20-18(22-9-7-15-3-2-10-24-15)21-8-6-13-12-23-17-11-14(19)4-5-16(13)17;/h2-5,10-12,23H,6-9H2,1H3,(H2,20,21,22);1H. The van der Waals surface area contributed by atoms with Crippen LogP contribution >= 0.6 is 35.3 Å². The van der Waals surface area contributed by atoms with Crippen LogP contribution < -0.4 is 10.6 Å². The third-order valence-corrected chi connectivity index (χ3v) is 4.82. The zero-order chi connectivity index (χ0) is 16.8. The Kier molecular flexibility index (Phi) is 7.70. The number of rotatable bonds is 6. The first kappa shape index (κ1) is 19.7. The molecule has 134 valence electrons. The molecule has 0 unspecified atom stereocenters. The molecule has 0 aliphatic carbocycles. The number of aromatic amines is 1. The summed E-state index contributed by atoms with van der Waals surface area (Å²) >= 11 is 1.77. The number of hydrogen-bond donors (Lipinski definition) is 3. The van der Waals surface area contributed by atoms with Gasteiger partial charge in [-0.25, -0.2) is 4.39 Å². The van der Waals surface area contributed by atoms with Gasteiger partial charge in [-0.1, -0.05) is 6.07 Å². The van der Waals surface area contributed by atoms with E-state index in [0.29, 0.717) is 0 Å². The zero-order valence-electron chi connectivity index (χ0n) is 14.0. The summed E-state index contributed by atoms with van der Waals surface area (Å²) in [5, 5.41) is 9.80. The topological polar surface area (TPSA) is 52.2 Å². The second kappa shape index (κ2) is 9.76. The Morgan fingerprint density at radius 2 is 2.00 bits per heavy atom. The van der Waals surface area contributed by atoms with E-state index in [1.54, 1.807) is 18.4 Å². The minimum Gasteiger partial charge on any atom is -0.361 e. The molecule has 0 bridgehead atoms. The Balaban J connectivity index is 0.00000225. The van der Waals surface area contributed by atoms with Gasteiger partial charge in [-0.3, -0.25) is 4.99 Å². The van der Waals surface area contributed by atoms with Gasteiger partial charge in [0.1, 0.15) is 5.82 Å². The molecule has 3 aromatic rings. The predicted molar refractivity (Wildman–Crippen MR) is 115 cm³/mol. The van der Waals surface area contributed by atoms with Crippen LogP contribution in [-0.4, -0.2) is 31.1 Å². The summed E-state index contributed by atoms with van der Waals surface area (Å²) in [5.41, 5.74) is 2.01. The molecule has 2 heterocycles. The minimum atomic E-state index is -0.218. The number of benzene rings is 1. The van der Waals surface area contributed by atoms with Crippen LogP contribution in [0, 0.1) is 5.82 Å². The van der Waals surface area contributed by atoms with Gasteiger partial charge in [-0.05, 0) is 48.1 Å². The third kappa shape index (κ3) is 5.43. The van der Waals surface area contributed by atoms with Gasteiger partial charge in [0.25, 0.3) is 0 Å². The molecule has 3 N–H and O–H groups in total. The van der Waals surface area contributed by atoms with E-state index in [1.807, 2.05) is 12.3 Å². The third-order valence-electron chi connectivity index (χ3n) is 3.88. The largest absolute Gasteiger partial charge is 0.361 e. The van der Waals surface area contributed by atoms with E-state index in [-0.39, 0.29) is 29.8 Å². The lowest BCUT2D eigenvalue weighted by Crippen LogP contribution is -2.39. The predicted octanol–water partition coefficient (Wildman–Crippen LogP) is 3.94. The molecule has 2 aromatic heterocycles. The van der Waals surface area contributed by atoms with Crippen LogP contribution in [0.1, 0.15) is 10.4 Å². The van der Waals surface area contributed by atoms with Crippen molar-refractivity contribution in [1.82, 2.24) is 15.6 Å². The van der Waals surface area contributed by atoms with E-state index in [4.69, 9.17) is 0 Å². The van der Waals surface area contributed by atoms with Crippen LogP contribution in [0.5, 0.6) is 0 Å². The van der Waals surface area contributed by atoms with Crippen molar-refractivity contribution in [3.63, 3.8) is 0 Å². The van der Waals surface area contributed by atoms with E-state index in [2.05, 4.69) is 38.1 Å². The second-order valence-corrected chi connectivity index (χ2v) is 6.54. The van der Waals surface area contributed by atoms with Crippen LogP contribution in [0.15, 0.2) is 46.9 Å². The maximum absolute atomic E-state index is 13.2. The first-order chi connectivity index (χ1) is 11.8. The van der Waals surface area contributed by atoms with E-state index in [9.17, 15) is 4.39 Å². The highest BCUT2D eigenvalue weighted by atomic mass is 127. The monoisotopic (exact) mass is 472 g/mol. The number of guanidine groups is 1. The van der Waals surface area contributed by atoms with Crippen LogP contribution in [-0.2, 0) is 12.8 Å². The highest BCUT2D eigenvalue weighted by Gasteiger charge is 2.05. The van der Waals surface area contributed by atoms with Gasteiger partial charge in [0, 0.05) is 42.1 Å². The molecule has 4 nitrogen and oxygen atoms in total. The van der Waals surface area contributed by atoms with Gasteiger partial charge >= 0.3 is 0 Å². The Bertz CT molecular complexity index is 814. The first-order valence-corrected chi connectivity index (χ1v) is 8.86. The average Bonchev–Trinajstić information content (AvgIpc) is 3.23. The van der Waals surface area contributed by atoms with Crippen molar-refractivity contribution in [3.05, 3.63) is 58.2 Å². The number of hydrogen-bond acceptors (Lipinski definition) is 2. The van der Waals surface area contributed by atoms with E-state index >= 15 is 0 Å². The molecule has 0 atom stereocenters. The van der Waals surface area contributed by atoms with Crippen molar-refractivity contribution >= 4 is 52.2 Å². The maximum Gasteiger partial charge on any atom is 0.190 e. The Labute approximate surface area is 168 Å². The van der Waals surface area contributed by atoms with E-state index in [1.165, 1.54) is 22.6 Å². The van der Waals surface area contributed by atoms with E-state index in [0.717, 1.165) is 42.8 Å². The maximum atomic E-state index is 13.2. The van der Waals surface area contributed by atoms with Gasteiger partial charge in [-0.2, -0.15) is 0 Å². The summed E-state index contributed by atoms with van der Waals surface area (Å²) < 4.78 is 13.2. The van der Waals surface area contributed by atoms with Gasteiger partial charge in [-0.15, -0.1) is 35.3 Å². The Hall–Kier alpha value is -1.61. The van der Waals surface area contributed by atoms with Crippen LogP contribution in [0.4, 0.5) is 4.39 Å². The molecular weight excluding hydrogens is 450 g/mol. The highest BCUT2D eigenvalue weighted by Crippen LogP contribution is 2.19. The molecule has 25 heavy (non-hydrogen) atoms. The number of thiophene rings is 1. The zero-order valence-corrected chi connectivity index (χ0v) is 17.2. The number of aromatic nitrogens is 1.